The second-order valence-corrected chi connectivity index (χ2v) is 9.03. The number of carbonyl (C=O) groups is 1. The van der Waals surface area contributed by atoms with E-state index in [-0.39, 0.29) is 17.7 Å². The molecule has 9 heteroatoms. The van der Waals surface area contributed by atoms with E-state index in [1.807, 2.05) is 79.1 Å². The Kier molecular flexibility index (Phi) is 7.82. The molecule has 1 N–H and O–H groups in total. The van der Waals surface area contributed by atoms with Crippen LogP contribution in [0.2, 0.25) is 5.02 Å². The van der Waals surface area contributed by atoms with Gasteiger partial charge in [0.1, 0.15) is 18.7 Å². The van der Waals surface area contributed by atoms with Crippen molar-refractivity contribution in [2.24, 2.45) is 0 Å². The number of halogens is 1. The van der Waals surface area contributed by atoms with E-state index >= 15 is 0 Å². The summed E-state index contributed by atoms with van der Waals surface area (Å²) in [5.41, 5.74) is 3.65. The molecule has 0 spiro atoms. The number of thioether (sulfide) groups is 1. The van der Waals surface area contributed by atoms with E-state index < -0.39 is 0 Å². The molecule has 2 aromatic carbocycles. The van der Waals surface area contributed by atoms with Gasteiger partial charge in [0, 0.05) is 11.2 Å². The maximum Gasteiger partial charge on any atom is 0.230 e. The van der Waals surface area contributed by atoms with Gasteiger partial charge in [-0.3, -0.25) is 14.3 Å². The van der Waals surface area contributed by atoms with E-state index in [1.54, 1.807) is 12.5 Å². The van der Waals surface area contributed by atoms with E-state index in [9.17, 15) is 4.79 Å². The summed E-state index contributed by atoms with van der Waals surface area (Å²) >= 11 is 7.57. The minimum absolute atomic E-state index is 0.103. The lowest BCUT2D eigenvalue weighted by atomic mass is 10.1. The molecule has 0 saturated carbocycles. The first kappa shape index (κ1) is 23.8. The van der Waals surface area contributed by atoms with Crippen LogP contribution >= 0.6 is 23.4 Å². The van der Waals surface area contributed by atoms with Gasteiger partial charge in [-0.2, -0.15) is 0 Å². The summed E-state index contributed by atoms with van der Waals surface area (Å²) in [5.74, 6) is 0.829. The molecule has 174 valence electrons. The van der Waals surface area contributed by atoms with Crippen molar-refractivity contribution in [3.63, 3.8) is 0 Å². The van der Waals surface area contributed by atoms with Crippen LogP contribution in [0.5, 0.6) is 5.75 Å². The van der Waals surface area contributed by atoms with Gasteiger partial charge in [0.2, 0.25) is 5.91 Å². The first-order valence-electron chi connectivity index (χ1n) is 10.7. The van der Waals surface area contributed by atoms with Gasteiger partial charge in [0.15, 0.2) is 5.16 Å². The SMILES string of the molecule is Cc1ccc(-n2cnnc2SCC(=O)NC(C)c2cccc(OCc3ccccn3)c2)cc1Cl. The van der Waals surface area contributed by atoms with Gasteiger partial charge in [-0.25, -0.2) is 0 Å². The third kappa shape index (κ3) is 6.15. The highest BCUT2D eigenvalue weighted by Crippen LogP contribution is 2.24. The van der Waals surface area contributed by atoms with E-state index in [1.165, 1.54) is 11.8 Å². The average molecular weight is 494 g/mol. The molecule has 1 atom stereocenters. The van der Waals surface area contributed by atoms with Gasteiger partial charge in [0.05, 0.1) is 23.2 Å². The Morgan fingerprint density at radius 3 is 2.85 bits per heavy atom. The van der Waals surface area contributed by atoms with Crippen molar-refractivity contribution >= 4 is 29.3 Å². The summed E-state index contributed by atoms with van der Waals surface area (Å²) in [6.07, 6.45) is 3.35. The Balaban J connectivity index is 1.32. The van der Waals surface area contributed by atoms with Crippen LogP contribution in [0.25, 0.3) is 5.69 Å². The van der Waals surface area contributed by atoms with Crippen molar-refractivity contribution < 1.29 is 9.53 Å². The highest BCUT2D eigenvalue weighted by molar-refractivity contribution is 7.99. The molecule has 4 rings (SSSR count). The van der Waals surface area contributed by atoms with Crippen LogP contribution in [-0.2, 0) is 11.4 Å². The van der Waals surface area contributed by atoms with Crippen LogP contribution in [0.15, 0.2) is 78.3 Å². The van der Waals surface area contributed by atoms with Crippen LogP contribution in [0, 0.1) is 6.92 Å². The Hall–Kier alpha value is -3.36. The van der Waals surface area contributed by atoms with Crippen molar-refractivity contribution in [2.45, 2.75) is 31.7 Å². The maximum atomic E-state index is 12.6. The number of nitrogens with zero attached hydrogens (tertiary/aromatic N) is 4. The van der Waals surface area contributed by atoms with Gasteiger partial charge >= 0.3 is 0 Å². The summed E-state index contributed by atoms with van der Waals surface area (Å²) in [6, 6.07) is 19.0. The molecule has 0 saturated heterocycles. The van der Waals surface area contributed by atoms with Crippen molar-refractivity contribution in [3.05, 3.63) is 95.0 Å². The van der Waals surface area contributed by atoms with Gasteiger partial charge in [-0.05, 0) is 61.4 Å². The van der Waals surface area contributed by atoms with Crippen LogP contribution in [0.1, 0.15) is 29.8 Å². The molecule has 0 fully saturated rings. The molecule has 34 heavy (non-hydrogen) atoms. The van der Waals surface area contributed by atoms with Crippen LogP contribution < -0.4 is 10.1 Å². The predicted octanol–water partition coefficient (Wildman–Crippen LogP) is 5.17. The fourth-order valence-electron chi connectivity index (χ4n) is 3.24. The predicted molar refractivity (Wildman–Crippen MR) is 133 cm³/mol. The number of benzene rings is 2. The molecule has 7 nitrogen and oxygen atoms in total. The topological polar surface area (TPSA) is 81.9 Å². The largest absolute Gasteiger partial charge is 0.487 e. The van der Waals surface area contributed by atoms with E-state index in [0.29, 0.717) is 16.8 Å². The quantitative estimate of drug-likeness (QED) is 0.324. The lowest BCUT2D eigenvalue weighted by Crippen LogP contribution is -2.28. The minimum Gasteiger partial charge on any atom is -0.487 e. The van der Waals surface area contributed by atoms with Crippen molar-refractivity contribution in [1.82, 2.24) is 25.1 Å². The maximum absolute atomic E-state index is 12.6. The number of aromatic nitrogens is 4. The molecular weight excluding hydrogens is 470 g/mol. The summed E-state index contributed by atoms with van der Waals surface area (Å²) in [7, 11) is 0. The molecule has 2 aromatic heterocycles. The zero-order valence-corrected chi connectivity index (χ0v) is 20.4. The van der Waals surface area contributed by atoms with Crippen molar-refractivity contribution in [2.75, 3.05) is 5.75 Å². The first-order chi connectivity index (χ1) is 16.5. The van der Waals surface area contributed by atoms with Gasteiger partial charge in [-0.1, -0.05) is 47.6 Å². The lowest BCUT2D eigenvalue weighted by Gasteiger charge is -2.15. The lowest BCUT2D eigenvalue weighted by molar-refractivity contribution is -0.119. The number of aryl methyl sites for hydroxylation is 1. The smallest absolute Gasteiger partial charge is 0.230 e. The molecule has 2 heterocycles. The Labute approximate surface area is 207 Å². The van der Waals surface area contributed by atoms with E-state index in [2.05, 4.69) is 20.5 Å². The Morgan fingerprint density at radius 1 is 1.18 bits per heavy atom. The van der Waals surface area contributed by atoms with Crippen LogP contribution in [0.4, 0.5) is 0 Å². The second-order valence-electron chi connectivity index (χ2n) is 7.68. The third-order valence-electron chi connectivity index (χ3n) is 5.13. The number of rotatable bonds is 9. The molecule has 1 amide bonds. The number of ether oxygens (including phenoxy) is 1. The molecule has 4 aromatic rings. The van der Waals surface area contributed by atoms with Crippen LogP contribution in [0.3, 0.4) is 0 Å². The number of pyridine rings is 1. The number of nitrogens with one attached hydrogen (secondary N) is 1. The summed E-state index contributed by atoms with van der Waals surface area (Å²) in [4.78, 5) is 16.9. The normalized spacial score (nSPS) is 11.7. The summed E-state index contributed by atoms with van der Waals surface area (Å²) in [5, 5.41) is 12.4. The number of hydrogen-bond acceptors (Lipinski definition) is 6. The third-order valence-corrected chi connectivity index (χ3v) is 6.48. The number of amides is 1. The van der Waals surface area contributed by atoms with Gasteiger partial charge in [0.25, 0.3) is 0 Å². The minimum atomic E-state index is -0.180. The zero-order valence-electron chi connectivity index (χ0n) is 18.8. The molecule has 1 unspecified atom stereocenters. The van der Waals surface area contributed by atoms with E-state index in [0.717, 1.165) is 28.3 Å². The molecule has 0 radical (unpaired) electrons. The monoisotopic (exact) mass is 493 g/mol. The molecular formula is C25H24ClN5O2S. The average Bonchev–Trinajstić information content (AvgIpc) is 3.33. The van der Waals surface area contributed by atoms with Gasteiger partial charge in [-0.15, -0.1) is 10.2 Å². The van der Waals surface area contributed by atoms with Gasteiger partial charge < -0.3 is 10.1 Å². The van der Waals surface area contributed by atoms with Crippen molar-refractivity contribution in [1.29, 1.82) is 0 Å². The number of carbonyl (C=O) groups excluding carboxylic acids is 1. The van der Waals surface area contributed by atoms with Crippen LogP contribution in [-0.4, -0.2) is 31.4 Å². The molecule has 0 aliphatic rings. The molecule has 0 bridgehead atoms. The second kappa shape index (κ2) is 11.2. The Morgan fingerprint density at radius 2 is 2.06 bits per heavy atom. The highest BCUT2D eigenvalue weighted by Gasteiger charge is 2.14. The summed E-state index contributed by atoms with van der Waals surface area (Å²) < 4.78 is 7.66. The number of hydrogen-bond donors (Lipinski definition) is 1. The molecule has 0 aliphatic heterocycles. The first-order valence-corrected chi connectivity index (χ1v) is 12.1. The summed E-state index contributed by atoms with van der Waals surface area (Å²) in [6.45, 7) is 4.27. The van der Waals surface area contributed by atoms with Crippen molar-refractivity contribution in [3.8, 4) is 11.4 Å². The zero-order chi connectivity index (χ0) is 23.9. The fourth-order valence-corrected chi connectivity index (χ4v) is 4.16. The highest BCUT2D eigenvalue weighted by atomic mass is 35.5. The standard InChI is InChI=1S/C25H24ClN5O2S/c1-17-9-10-21(13-23(17)26)31-16-28-30-25(31)34-15-24(32)29-18(2)19-6-5-8-22(12-19)33-14-20-7-3-4-11-27-20/h3-13,16,18H,14-15H2,1-2H3,(H,29,32). The fraction of sp³-hybridized carbons (Fsp3) is 0.200. The van der Waals surface area contributed by atoms with E-state index in [4.69, 9.17) is 16.3 Å². The Bertz CT molecular complexity index is 1270. The molecule has 0 aliphatic carbocycles.